The maximum absolute atomic E-state index is 6.22. The average molecular weight is 264 g/mol. The number of hydrogen-bond donors (Lipinski definition) is 1. The van der Waals surface area contributed by atoms with E-state index in [0.29, 0.717) is 0 Å². The highest BCUT2D eigenvalue weighted by molar-refractivity contribution is 7.11. The third-order valence-corrected chi connectivity index (χ3v) is 3.68. The highest BCUT2D eigenvalue weighted by atomic mass is 32.1. The van der Waals surface area contributed by atoms with Gasteiger partial charge in [0.05, 0.1) is 20.3 Å². The van der Waals surface area contributed by atoms with Crippen LogP contribution in [0.25, 0.3) is 0 Å². The molecule has 18 heavy (non-hydrogen) atoms. The molecule has 0 bridgehead atoms. The normalized spacial score (nSPS) is 12.2. The van der Waals surface area contributed by atoms with Gasteiger partial charge in [-0.3, -0.25) is 0 Å². The number of hydrogen-bond acceptors (Lipinski definition) is 5. The Morgan fingerprint density at radius 3 is 2.61 bits per heavy atom. The lowest BCUT2D eigenvalue weighted by Crippen LogP contribution is -2.12. The van der Waals surface area contributed by atoms with Crippen molar-refractivity contribution in [2.45, 2.75) is 13.0 Å². The van der Waals surface area contributed by atoms with Gasteiger partial charge in [-0.05, 0) is 19.1 Å². The summed E-state index contributed by atoms with van der Waals surface area (Å²) in [5.41, 5.74) is 7.13. The molecule has 5 heteroatoms. The molecule has 1 heterocycles. The van der Waals surface area contributed by atoms with Gasteiger partial charge in [0.1, 0.15) is 16.5 Å². The largest absolute Gasteiger partial charge is 0.497 e. The highest BCUT2D eigenvalue weighted by Gasteiger charge is 2.17. The topological polar surface area (TPSA) is 57.4 Å². The minimum absolute atomic E-state index is 0.274. The standard InChI is InChI=1S/C13H16N2O2S/c1-8-7-15-13(18-8)12(14)10-5-4-9(16-2)6-11(10)17-3/h4-7,12H,14H2,1-3H3. The van der Waals surface area contributed by atoms with E-state index in [0.717, 1.165) is 26.9 Å². The molecule has 0 radical (unpaired) electrons. The predicted octanol–water partition coefficient (Wildman–Crippen LogP) is 2.52. The number of thiazole rings is 1. The summed E-state index contributed by atoms with van der Waals surface area (Å²) in [7, 11) is 3.25. The van der Waals surface area contributed by atoms with Crippen molar-refractivity contribution in [3.8, 4) is 11.5 Å². The summed E-state index contributed by atoms with van der Waals surface area (Å²) in [6.45, 7) is 2.01. The minimum Gasteiger partial charge on any atom is -0.497 e. The summed E-state index contributed by atoms with van der Waals surface area (Å²) < 4.78 is 10.5. The van der Waals surface area contributed by atoms with Crippen molar-refractivity contribution in [3.05, 3.63) is 39.8 Å². The zero-order valence-corrected chi connectivity index (χ0v) is 11.5. The van der Waals surface area contributed by atoms with Crippen LogP contribution in [-0.4, -0.2) is 19.2 Å². The fraction of sp³-hybridized carbons (Fsp3) is 0.308. The van der Waals surface area contributed by atoms with Gasteiger partial charge in [-0.15, -0.1) is 11.3 Å². The number of nitrogens with zero attached hydrogens (tertiary/aromatic N) is 1. The third kappa shape index (κ3) is 2.47. The molecule has 1 aromatic carbocycles. The van der Waals surface area contributed by atoms with E-state index in [1.807, 2.05) is 31.3 Å². The van der Waals surface area contributed by atoms with Crippen LogP contribution < -0.4 is 15.2 Å². The molecule has 96 valence electrons. The molecule has 2 N–H and O–H groups in total. The summed E-state index contributed by atoms with van der Waals surface area (Å²) in [6, 6.07) is 5.34. The van der Waals surface area contributed by atoms with Crippen LogP contribution in [0.15, 0.2) is 24.4 Å². The van der Waals surface area contributed by atoms with E-state index in [2.05, 4.69) is 4.98 Å². The van der Waals surface area contributed by atoms with Crippen molar-refractivity contribution in [1.29, 1.82) is 0 Å². The zero-order valence-electron chi connectivity index (χ0n) is 10.6. The van der Waals surface area contributed by atoms with Crippen molar-refractivity contribution in [2.75, 3.05) is 14.2 Å². The second-order valence-corrected chi connectivity index (χ2v) is 5.16. The first-order chi connectivity index (χ1) is 8.65. The predicted molar refractivity (Wildman–Crippen MR) is 72.4 cm³/mol. The summed E-state index contributed by atoms with van der Waals surface area (Å²) in [4.78, 5) is 5.46. The van der Waals surface area contributed by atoms with Gasteiger partial charge in [-0.1, -0.05) is 0 Å². The summed E-state index contributed by atoms with van der Waals surface area (Å²) >= 11 is 1.60. The monoisotopic (exact) mass is 264 g/mol. The quantitative estimate of drug-likeness (QED) is 0.922. The van der Waals surface area contributed by atoms with Gasteiger partial charge in [-0.2, -0.15) is 0 Å². The Kier molecular flexibility index (Phi) is 3.84. The molecule has 4 nitrogen and oxygen atoms in total. The first-order valence-electron chi connectivity index (χ1n) is 5.55. The molecule has 1 unspecified atom stereocenters. The molecule has 2 aromatic rings. The Bertz CT molecular complexity index is 540. The van der Waals surface area contributed by atoms with Crippen molar-refractivity contribution in [2.24, 2.45) is 5.73 Å². The van der Waals surface area contributed by atoms with E-state index in [1.54, 1.807) is 25.6 Å². The van der Waals surface area contributed by atoms with Crippen LogP contribution in [-0.2, 0) is 0 Å². The number of methoxy groups -OCH3 is 2. The van der Waals surface area contributed by atoms with E-state index in [1.165, 1.54) is 0 Å². The molecule has 0 saturated carbocycles. The Balaban J connectivity index is 2.38. The second kappa shape index (κ2) is 5.37. The van der Waals surface area contributed by atoms with Crippen LogP contribution in [0.5, 0.6) is 11.5 Å². The van der Waals surface area contributed by atoms with Gasteiger partial charge in [0.2, 0.25) is 0 Å². The fourth-order valence-electron chi connectivity index (χ4n) is 1.72. The molecule has 0 aliphatic carbocycles. The number of aryl methyl sites for hydroxylation is 1. The van der Waals surface area contributed by atoms with Gasteiger partial charge < -0.3 is 15.2 Å². The Morgan fingerprint density at radius 2 is 2.06 bits per heavy atom. The summed E-state index contributed by atoms with van der Waals surface area (Å²) in [6.07, 6.45) is 1.83. The third-order valence-electron chi connectivity index (χ3n) is 2.68. The van der Waals surface area contributed by atoms with Crippen LogP contribution in [0.1, 0.15) is 21.5 Å². The molecule has 0 fully saturated rings. The average Bonchev–Trinajstić information content (AvgIpc) is 2.83. The lowest BCUT2D eigenvalue weighted by molar-refractivity contribution is 0.390. The molecule has 1 aromatic heterocycles. The number of aromatic nitrogens is 1. The van der Waals surface area contributed by atoms with Crippen LogP contribution in [0.3, 0.4) is 0 Å². The first-order valence-corrected chi connectivity index (χ1v) is 6.37. The zero-order chi connectivity index (χ0) is 13.1. The molecule has 0 spiro atoms. The molecule has 2 rings (SSSR count). The van der Waals surface area contributed by atoms with Gasteiger partial charge >= 0.3 is 0 Å². The SMILES string of the molecule is COc1ccc(C(N)c2ncc(C)s2)c(OC)c1. The van der Waals surface area contributed by atoms with E-state index in [4.69, 9.17) is 15.2 Å². The first kappa shape index (κ1) is 12.9. The molecular weight excluding hydrogens is 248 g/mol. The Labute approximate surface area is 110 Å². The van der Waals surface area contributed by atoms with Crippen molar-refractivity contribution < 1.29 is 9.47 Å². The summed E-state index contributed by atoms with van der Waals surface area (Å²) in [5.74, 6) is 1.47. The van der Waals surface area contributed by atoms with E-state index < -0.39 is 0 Å². The number of rotatable bonds is 4. The molecule has 0 saturated heterocycles. The van der Waals surface area contributed by atoms with Crippen molar-refractivity contribution in [1.82, 2.24) is 4.98 Å². The Morgan fingerprint density at radius 1 is 1.28 bits per heavy atom. The van der Waals surface area contributed by atoms with Gasteiger partial charge in [0, 0.05) is 22.7 Å². The van der Waals surface area contributed by atoms with Crippen LogP contribution in [0, 0.1) is 6.92 Å². The molecule has 0 amide bonds. The maximum atomic E-state index is 6.22. The van der Waals surface area contributed by atoms with E-state index in [9.17, 15) is 0 Å². The molecular formula is C13H16N2O2S. The van der Waals surface area contributed by atoms with Crippen LogP contribution in [0.2, 0.25) is 0 Å². The number of nitrogens with two attached hydrogens (primary N) is 1. The molecule has 0 aliphatic heterocycles. The lowest BCUT2D eigenvalue weighted by atomic mass is 10.1. The summed E-state index contributed by atoms with van der Waals surface area (Å²) in [5, 5.41) is 0.885. The maximum Gasteiger partial charge on any atom is 0.127 e. The molecule has 0 aliphatic rings. The fourth-order valence-corrected chi connectivity index (χ4v) is 2.52. The van der Waals surface area contributed by atoms with Crippen molar-refractivity contribution >= 4 is 11.3 Å². The number of benzene rings is 1. The van der Waals surface area contributed by atoms with Crippen molar-refractivity contribution in [3.63, 3.8) is 0 Å². The highest BCUT2D eigenvalue weighted by Crippen LogP contribution is 2.32. The van der Waals surface area contributed by atoms with Gasteiger partial charge in [0.15, 0.2) is 0 Å². The minimum atomic E-state index is -0.274. The lowest BCUT2D eigenvalue weighted by Gasteiger charge is -2.14. The Hall–Kier alpha value is -1.59. The second-order valence-electron chi connectivity index (χ2n) is 3.89. The number of ether oxygens (including phenoxy) is 2. The van der Waals surface area contributed by atoms with Gasteiger partial charge in [-0.25, -0.2) is 4.98 Å². The smallest absolute Gasteiger partial charge is 0.127 e. The van der Waals surface area contributed by atoms with Crippen LogP contribution >= 0.6 is 11.3 Å². The molecule has 1 atom stereocenters. The van der Waals surface area contributed by atoms with Crippen LogP contribution in [0.4, 0.5) is 0 Å². The van der Waals surface area contributed by atoms with E-state index >= 15 is 0 Å². The van der Waals surface area contributed by atoms with E-state index in [-0.39, 0.29) is 6.04 Å². The van der Waals surface area contributed by atoms with Gasteiger partial charge in [0.25, 0.3) is 0 Å².